The summed E-state index contributed by atoms with van der Waals surface area (Å²) in [6.07, 6.45) is 0. The number of nitrogens with one attached hydrogen (secondary N) is 2. The summed E-state index contributed by atoms with van der Waals surface area (Å²) >= 11 is 0. The minimum Gasteiger partial charge on any atom is -0.492 e. The van der Waals surface area contributed by atoms with E-state index in [1.807, 2.05) is 38.1 Å². The predicted molar refractivity (Wildman–Crippen MR) is 132 cm³/mol. The van der Waals surface area contributed by atoms with Crippen LogP contribution in [0.25, 0.3) is 0 Å². The molecular weight excluding hydrogens is 456 g/mol. The number of hydrogen-bond donors (Lipinski definition) is 2. The third-order valence-electron chi connectivity index (χ3n) is 5.63. The van der Waals surface area contributed by atoms with Crippen LogP contribution in [0.2, 0.25) is 0 Å². The van der Waals surface area contributed by atoms with Crippen molar-refractivity contribution < 1.29 is 22.7 Å². The first-order chi connectivity index (χ1) is 16.2. The van der Waals surface area contributed by atoms with Crippen LogP contribution in [-0.4, -0.2) is 77.2 Å². The molecule has 1 heterocycles. The molecule has 1 aliphatic heterocycles. The molecule has 2 N–H and O–H groups in total. The Kier molecular flexibility index (Phi) is 8.90. The number of sulfonamides is 1. The molecule has 1 aliphatic rings. The molecule has 1 atom stereocenters. The van der Waals surface area contributed by atoms with Gasteiger partial charge in [-0.3, -0.25) is 0 Å². The van der Waals surface area contributed by atoms with Crippen molar-refractivity contribution in [1.29, 1.82) is 0 Å². The standard InChI is InChI=1S/C24H34N4O5S/c1-5-33-22-11-10-20(16-23(22)34(30,31)28-12-14-32-15-13-28)26-24(29)25-17-21(27(3)4)19-8-6-18(2)7-9-19/h6-11,16,21H,5,12-15,17H2,1-4H3,(H2,25,26,29). The Balaban J connectivity index is 1.73. The third kappa shape index (κ3) is 6.47. The number of benzene rings is 2. The van der Waals surface area contributed by atoms with Crippen LogP contribution in [0, 0.1) is 6.92 Å². The third-order valence-corrected chi connectivity index (χ3v) is 7.55. The van der Waals surface area contributed by atoms with Gasteiger partial charge in [0.2, 0.25) is 10.0 Å². The number of morpholine rings is 1. The summed E-state index contributed by atoms with van der Waals surface area (Å²) in [5.41, 5.74) is 2.63. The van der Waals surface area contributed by atoms with E-state index >= 15 is 0 Å². The highest BCUT2D eigenvalue weighted by molar-refractivity contribution is 7.89. The van der Waals surface area contributed by atoms with Gasteiger partial charge < -0.3 is 25.0 Å². The van der Waals surface area contributed by atoms with Gasteiger partial charge >= 0.3 is 6.03 Å². The Bertz CT molecular complexity index is 1070. The molecule has 9 nitrogen and oxygen atoms in total. The normalized spacial score (nSPS) is 15.7. The van der Waals surface area contributed by atoms with Crippen LogP contribution in [0.3, 0.4) is 0 Å². The number of hydrogen-bond acceptors (Lipinski definition) is 6. The van der Waals surface area contributed by atoms with E-state index < -0.39 is 16.1 Å². The number of ether oxygens (including phenoxy) is 2. The van der Waals surface area contributed by atoms with Crippen LogP contribution in [0.15, 0.2) is 47.4 Å². The molecule has 2 aromatic rings. The molecular formula is C24H34N4O5S. The Morgan fingerprint density at radius 3 is 2.44 bits per heavy atom. The molecule has 1 saturated heterocycles. The number of likely N-dealkylation sites (N-methyl/N-ethyl adjacent to an activating group) is 1. The van der Waals surface area contributed by atoms with Gasteiger partial charge in [-0.1, -0.05) is 29.8 Å². The molecule has 2 aromatic carbocycles. The highest BCUT2D eigenvalue weighted by Crippen LogP contribution is 2.30. The van der Waals surface area contributed by atoms with Gasteiger partial charge in [0.15, 0.2) is 0 Å². The maximum atomic E-state index is 13.2. The fourth-order valence-electron chi connectivity index (χ4n) is 3.74. The molecule has 2 amide bonds. The molecule has 1 fully saturated rings. The molecule has 3 rings (SSSR count). The molecule has 10 heteroatoms. The van der Waals surface area contributed by atoms with Crippen LogP contribution in [0.4, 0.5) is 10.5 Å². The van der Waals surface area contributed by atoms with E-state index in [9.17, 15) is 13.2 Å². The minimum atomic E-state index is -3.80. The van der Waals surface area contributed by atoms with Crippen molar-refractivity contribution in [3.8, 4) is 5.75 Å². The number of rotatable bonds is 9. The van der Waals surface area contributed by atoms with E-state index in [2.05, 4.69) is 22.8 Å². The second-order valence-electron chi connectivity index (χ2n) is 8.34. The van der Waals surface area contributed by atoms with E-state index in [-0.39, 0.29) is 29.8 Å². The second kappa shape index (κ2) is 11.7. The topological polar surface area (TPSA) is 100 Å². The first-order valence-electron chi connectivity index (χ1n) is 11.3. The fourth-order valence-corrected chi connectivity index (χ4v) is 5.31. The maximum absolute atomic E-state index is 13.2. The van der Waals surface area contributed by atoms with Crippen molar-refractivity contribution >= 4 is 21.7 Å². The van der Waals surface area contributed by atoms with Gasteiger partial charge in [0.1, 0.15) is 10.6 Å². The average Bonchev–Trinajstić information content (AvgIpc) is 2.82. The van der Waals surface area contributed by atoms with Crippen molar-refractivity contribution in [2.75, 3.05) is 58.9 Å². The minimum absolute atomic E-state index is 0.0102. The number of urea groups is 1. The fraction of sp³-hybridized carbons (Fsp3) is 0.458. The quantitative estimate of drug-likeness (QED) is 0.561. The van der Waals surface area contributed by atoms with Crippen LogP contribution in [-0.2, 0) is 14.8 Å². The molecule has 1 unspecified atom stereocenters. The zero-order valence-electron chi connectivity index (χ0n) is 20.2. The number of amides is 2. The largest absolute Gasteiger partial charge is 0.492 e. The summed E-state index contributed by atoms with van der Waals surface area (Å²) in [4.78, 5) is 14.7. The Labute approximate surface area is 202 Å². The smallest absolute Gasteiger partial charge is 0.319 e. The number of anilines is 1. The van der Waals surface area contributed by atoms with Gasteiger partial charge in [-0.25, -0.2) is 13.2 Å². The number of carbonyl (C=O) groups is 1. The Hall–Kier alpha value is -2.66. The van der Waals surface area contributed by atoms with Crippen LogP contribution < -0.4 is 15.4 Å². The Morgan fingerprint density at radius 2 is 1.82 bits per heavy atom. The summed E-state index contributed by atoms with van der Waals surface area (Å²) in [6.45, 7) is 5.77. The van der Waals surface area contributed by atoms with Crippen molar-refractivity contribution in [3.05, 3.63) is 53.6 Å². The second-order valence-corrected chi connectivity index (χ2v) is 10.2. The lowest BCUT2D eigenvalue weighted by atomic mass is 10.0. The molecule has 0 aromatic heterocycles. The molecule has 34 heavy (non-hydrogen) atoms. The first-order valence-corrected chi connectivity index (χ1v) is 12.8. The van der Waals surface area contributed by atoms with Gasteiger partial charge in [-0.15, -0.1) is 0 Å². The van der Waals surface area contributed by atoms with Crippen molar-refractivity contribution in [2.24, 2.45) is 0 Å². The maximum Gasteiger partial charge on any atom is 0.319 e. The monoisotopic (exact) mass is 490 g/mol. The average molecular weight is 491 g/mol. The number of nitrogens with zero attached hydrogens (tertiary/aromatic N) is 2. The van der Waals surface area contributed by atoms with Gasteiger partial charge in [0.25, 0.3) is 0 Å². The van der Waals surface area contributed by atoms with E-state index in [4.69, 9.17) is 9.47 Å². The lowest BCUT2D eigenvalue weighted by molar-refractivity contribution is 0.0729. The van der Waals surface area contributed by atoms with Crippen LogP contribution >= 0.6 is 0 Å². The zero-order chi connectivity index (χ0) is 24.7. The number of carbonyl (C=O) groups excluding carboxylic acids is 1. The van der Waals surface area contributed by atoms with E-state index in [0.29, 0.717) is 32.1 Å². The summed E-state index contributed by atoms with van der Waals surface area (Å²) in [7, 11) is 0.116. The SMILES string of the molecule is CCOc1ccc(NC(=O)NCC(c2ccc(C)cc2)N(C)C)cc1S(=O)(=O)N1CCOCC1. The highest BCUT2D eigenvalue weighted by Gasteiger charge is 2.30. The van der Waals surface area contributed by atoms with E-state index in [1.54, 1.807) is 19.1 Å². The predicted octanol–water partition coefficient (Wildman–Crippen LogP) is 2.84. The number of aryl methyl sites for hydroxylation is 1. The lowest BCUT2D eigenvalue weighted by Gasteiger charge is -2.27. The molecule has 0 spiro atoms. The van der Waals surface area contributed by atoms with Crippen LogP contribution in [0.1, 0.15) is 24.1 Å². The molecule has 0 saturated carbocycles. The molecule has 0 bridgehead atoms. The van der Waals surface area contributed by atoms with Gasteiger partial charge in [0, 0.05) is 25.3 Å². The van der Waals surface area contributed by atoms with Crippen molar-refractivity contribution in [3.63, 3.8) is 0 Å². The summed E-state index contributed by atoms with van der Waals surface area (Å²) in [6, 6.07) is 12.4. The van der Waals surface area contributed by atoms with E-state index in [0.717, 1.165) is 5.56 Å². The van der Waals surface area contributed by atoms with Crippen LogP contribution in [0.5, 0.6) is 5.75 Å². The Morgan fingerprint density at radius 1 is 1.15 bits per heavy atom. The highest BCUT2D eigenvalue weighted by atomic mass is 32.2. The molecule has 0 aliphatic carbocycles. The lowest BCUT2D eigenvalue weighted by Crippen LogP contribution is -2.40. The van der Waals surface area contributed by atoms with Crippen molar-refractivity contribution in [2.45, 2.75) is 24.8 Å². The van der Waals surface area contributed by atoms with E-state index in [1.165, 1.54) is 15.9 Å². The zero-order valence-corrected chi connectivity index (χ0v) is 21.0. The summed E-state index contributed by atoms with van der Waals surface area (Å²) < 4.78 is 38.7. The molecule has 186 valence electrons. The summed E-state index contributed by atoms with van der Waals surface area (Å²) in [5, 5.41) is 5.64. The first kappa shape index (κ1) is 26.0. The van der Waals surface area contributed by atoms with Gasteiger partial charge in [-0.2, -0.15) is 4.31 Å². The van der Waals surface area contributed by atoms with Gasteiger partial charge in [-0.05, 0) is 51.7 Å². The summed E-state index contributed by atoms with van der Waals surface area (Å²) in [5.74, 6) is 0.256. The van der Waals surface area contributed by atoms with Crippen molar-refractivity contribution in [1.82, 2.24) is 14.5 Å². The van der Waals surface area contributed by atoms with Gasteiger partial charge in [0.05, 0.1) is 25.9 Å². The molecule has 0 radical (unpaired) electrons.